The van der Waals surface area contributed by atoms with Gasteiger partial charge in [-0.1, -0.05) is 48.5 Å². The van der Waals surface area contributed by atoms with Gasteiger partial charge in [0.2, 0.25) is 5.91 Å². The number of nitriles is 1. The summed E-state index contributed by atoms with van der Waals surface area (Å²) >= 11 is 0. The van der Waals surface area contributed by atoms with Crippen LogP contribution in [0.5, 0.6) is 5.75 Å². The monoisotopic (exact) mass is 473 g/mol. The summed E-state index contributed by atoms with van der Waals surface area (Å²) in [5.74, 6) is 0.945. The number of carbonyl (C=O) groups is 1. The highest BCUT2D eigenvalue weighted by Crippen LogP contribution is 2.53. The molecule has 184 valence electrons. The van der Waals surface area contributed by atoms with E-state index in [9.17, 15) is 15.2 Å². The smallest absolute Gasteiger partial charge is 0.244 e. The Hall–Kier alpha value is -2.88. The molecule has 3 fully saturated rings. The average molecular weight is 474 g/mol. The number of likely N-dealkylation sites (tertiary alicyclic amines) is 2. The van der Waals surface area contributed by atoms with Gasteiger partial charge in [0.15, 0.2) is 0 Å². The molecule has 1 saturated carbocycles. The van der Waals surface area contributed by atoms with Crippen molar-refractivity contribution in [1.82, 2.24) is 9.80 Å². The number of amides is 1. The number of rotatable bonds is 6. The van der Waals surface area contributed by atoms with Crippen LogP contribution in [0, 0.1) is 29.1 Å². The first-order valence-electron chi connectivity index (χ1n) is 12.9. The summed E-state index contributed by atoms with van der Waals surface area (Å²) in [5.41, 5.74) is 0.673. The first kappa shape index (κ1) is 23.8. The fourth-order valence-electron chi connectivity index (χ4n) is 6.85. The van der Waals surface area contributed by atoms with E-state index in [0.29, 0.717) is 31.7 Å². The van der Waals surface area contributed by atoms with E-state index in [4.69, 9.17) is 4.74 Å². The van der Waals surface area contributed by atoms with Gasteiger partial charge in [-0.25, -0.2) is 0 Å². The Morgan fingerprint density at radius 2 is 1.86 bits per heavy atom. The summed E-state index contributed by atoms with van der Waals surface area (Å²) in [6.45, 7) is 3.01. The lowest BCUT2D eigenvalue weighted by Gasteiger charge is -2.45. The van der Waals surface area contributed by atoms with Crippen molar-refractivity contribution >= 4 is 5.91 Å². The molecule has 0 aromatic heterocycles. The van der Waals surface area contributed by atoms with Crippen LogP contribution in [0.4, 0.5) is 0 Å². The van der Waals surface area contributed by atoms with Crippen LogP contribution in [0.15, 0.2) is 54.6 Å². The molecule has 2 aromatic rings. The second kappa shape index (κ2) is 10.0. The second-order valence-electron chi connectivity index (χ2n) is 10.5. The number of hydrogen-bond donors (Lipinski definition) is 1. The summed E-state index contributed by atoms with van der Waals surface area (Å²) in [6.07, 6.45) is 4.02. The highest BCUT2D eigenvalue weighted by atomic mass is 16.5. The first-order chi connectivity index (χ1) is 17.0. The molecule has 6 nitrogen and oxygen atoms in total. The zero-order valence-electron chi connectivity index (χ0n) is 20.5. The van der Waals surface area contributed by atoms with E-state index in [-0.39, 0.29) is 29.7 Å². The van der Waals surface area contributed by atoms with Crippen molar-refractivity contribution in [1.29, 1.82) is 5.26 Å². The fourth-order valence-corrected chi connectivity index (χ4v) is 6.85. The number of hydrogen-bond acceptors (Lipinski definition) is 5. The van der Waals surface area contributed by atoms with Crippen molar-refractivity contribution in [2.75, 3.05) is 33.3 Å². The van der Waals surface area contributed by atoms with Crippen molar-refractivity contribution < 1.29 is 14.6 Å². The van der Waals surface area contributed by atoms with E-state index < -0.39 is 5.60 Å². The molecule has 2 saturated heterocycles. The molecule has 0 bridgehead atoms. The summed E-state index contributed by atoms with van der Waals surface area (Å²) in [5, 5.41) is 21.7. The van der Waals surface area contributed by atoms with Gasteiger partial charge in [-0.2, -0.15) is 5.26 Å². The third-order valence-electron chi connectivity index (χ3n) is 8.41. The maximum atomic E-state index is 14.1. The lowest BCUT2D eigenvalue weighted by Crippen LogP contribution is -2.46. The minimum atomic E-state index is -1.14. The van der Waals surface area contributed by atoms with E-state index in [0.717, 1.165) is 43.5 Å². The van der Waals surface area contributed by atoms with Gasteiger partial charge in [0.05, 0.1) is 18.8 Å². The van der Waals surface area contributed by atoms with Crippen molar-refractivity contribution in [2.24, 2.45) is 17.8 Å². The van der Waals surface area contributed by atoms with Gasteiger partial charge in [0.1, 0.15) is 11.8 Å². The van der Waals surface area contributed by atoms with Gasteiger partial charge in [-0.3, -0.25) is 9.69 Å². The number of benzene rings is 2. The van der Waals surface area contributed by atoms with Crippen molar-refractivity contribution in [3.05, 3.63) is 65.7 Å². The Kier molecular flexibility index (Phi) is 6.82. The van der Waals surface area contributed by atoms with Crippen molar-refractivity contribution in [2.45, 2.75) is 43.7 Å². The Labute approximate surface area is 208 Å². The summed E-state index contributed by atoms with van der Waals surface area (Å²) in [4.78, 5) is 18.4. The number of ether oxygens (including phenoxy) is 1. The van der Waals surface area contributed by atoms with Gasteiger partial charge in [0, 0.05) is 31.0 Å². The third-order valence-corrected chi connectivity index (χ3v) is 8.41. The van der Waals surface area contributed by atoms with E-state index in [2.05, 4.69) is 23.1 Å². The third kappa shape index (κ3) is 4.44. The summed E-state index contributed by atoms with van der Waals surface area (Å²) in [7, 11) is 1.63. The molecule has 5 atom stereocenters. The van der Waals surface area contributed by atoms with Gasteiger partial charge in [-0.15, -0.1) is 0 Å². The number of nitrogens with zero attached hydrogens (tertiary/aromatic N) is 3. The Balaban J connectivity index is 1.47. The van der Waals surface area contributed by atoms with Crippen LogP contribution >= 0.6 is 0 Å². The van der Waals surface area contributed by atoms with Crippen LogP contribution in [0.3, 0.4) is 0 Å². The minimum Gasteiger partial charge on any atom is -0.496 e. The molecule has 2 aromatic carbocycles. The molecular weight excluding hydrogens is 438 g/mol. The maximum Gasteiger partial charge on any atom is 0.244 e. The quantitative estimate of drug-likeness (QED) is 0.683. The predicted molar refractivity (Wildman–Crippen MR) is 133 cm³/mol. The predicted octanol–water partition coefficient (Wildman–Crippen LogP) is 4.12. The molecular formula is C29H35N3O3. The maximum absolute atomic E-state index is 14.1. The largest absolute Gasteiger partial charge is 0.496 e. The van der Waals surface area contributed by atoms with Gasteiger partial charge < -0.3 is 14.7 Å². The lowest BCUT2D eigenvalue weighted by atomic mass is 9.63. The summed E-state index contributed by atoms with van der Waals surface area (Å²) in [6, 6.07) is 19.8. The number of para-hydroxylation sites is 1. The van der Waals surface area contributed by atoms with Gasteiger partial charge >= 0.3 is 0 Å². The van der Waals surface area contributed by atoms with Crippen LogP contribution in [0.25, 0.3) is 0 Å². The zero-order valence-corrected chi connectivity index (χ0v) is 20.5. The standard InChI is InChI=1S/C29H35N3O3/c1-35-26-12-6-5-11-24(26)29(34)18-21(13-14-30)17-23-19-32(20-25(23)29)28(33)27(31-15-7-8-16-31)22-9-3-2-4-10-22/h2-6,9-12,21,23,25,27,34H,7-8,13,15-20H2,1H3. The highest BCUT2D eigenvalue weighted by molar-refractivity contribution is 5.83. The lowest BCUT2D eigenvalue weighted by molar-refractivity contribution is -0.136. The molecule has 1 amide bonds. The number of methoxy groups -OCH3 is 1. The SMILES string of the molecule is COc1ccccc1C1(O)CC(CC#N)CC2CN(C(=O)C(c3ccccc3)N3CCCC3)CC21. The normalized spacial score (nSPS) is 29.4. The first-order valence-corrected chi connectivity index (χ1v) is 12.9. The van der Waals surface area contributed by atoms with Gasteiger partial charge in [-0.05, 0) is 62.2 Å². The molecule has 1 aliphatic carbocycles. The Bertz CT molecular complexity index is 1080. The fraction of sp³-hybridized carbons (Fsp3) is 0.517. The zero-order chi connectivity index (χ0) is 24.4. The van der Waals surface area contributed by atoms with Crippen LogP contribution in [0.1, 0.15) is 49.3 Å². The molecule has 2 heterocycles. The number of fused-ring (bicyclic) bond motifs is 1. The highest BCUT2D eigenvalue weighted by Gasteiger charge is 2.54. The number of carbonyl (C=O) groups excluding carboxylic acids is 1. The van der Waals surface area contributed by atoms with E-state index in [1.165, 1.54) is 0 Å². The van der Waals surface area contributed by atoms with Gasteiger partial charge in [0.25, 0.3) is 0 Å². The van der Waals surface area contributed by atoms with Crippen molar-refractivity contribution in [3.63, 3.8) is 0 Å². The van der Waals surface area contributed by atoms with Crippen molar-refractivity contribution in [3.8, 4) is 11.8 Å². The molecule has 1 N–H and O–H groups in total. The molecule has 35 heavy (non-hydrogen) atoms. The molecule has 6 heteroatoms. The minimum absolute atomic E-state index is 0.0901. The van der Waals surface area contributed by atoms with Crippen LogP contribution < -0.4 is 4.74 Å². The molecule has 2 aliphatic heterocycles. The van der Waals surface area contributed by atoms with E-state index in [1.54, 1.807) is 7.11 Å². The second-order valence-corrected chi connectivity index (χ2v) is 10.5. The Morgan fingerprint density at radius 3 is 2.57 bits per heavy atom. The topological polar surface area (TPSA) is 76.8 Å². The van der Waals surface area contributed by atoms with Crippen LogP contribution in [-0.2, 0) is 10.4 Å². The Morgan fingerprint density at radius 1 is 1.14 bits per heavy atom. The summed E-state index contributed by atoms with van der Waals surface area (Å²) < 4.78 is 5.63. The van der Waals surface area contributed by atoms with Crippen LogP contribution in [-0.4, -0.2) is 54.1 Å². The molecule has 0 radical (unpaired) electrons. The average Bonchev–Trinajstić information content (AvgIpc) is 3.56. The molecule has 5 rings (SSSR count). The number of aliphatic hydroxyl groups is 1. The molecule has 5 unspecified atom stereocenters. The van der Waals surface area contributed by atoms with E-state index in [1.807, 2.05) is 47.4 Å². The van der Waals surface area contributed by atoms with Crippen LogP contribution in [0.2, 0.25) is 0 Å². The molecule has 3 aliphatic rings. The van der Waals surface area contributed by atoms with E-state index >= 15 is 0 Å². The molecule has 0 spiro atoms.